The van der Waals surface area contributed by atoms with Crippen LogP contribution in [0.5, 0.6) is 0 Å². The van der Waals surface area contributed by atoms with E-state index in [1.54, 1.807) is 12.1 Å². The zero-order chi connectivity index (χ0) is 14.6. The van der Waals surface area contributed by atoms with Crippen molar-refractivity contribution in [1.82, 2.24) is 10.0 Å². The van der Waals surface area contributed by atoms with E-state index >= 15 is 0 Å². The second kappa shape index (κ2) is 6.70. The third-order valence-electron chi connectivity index (χ3n) is 3.99. The molecule has 0 spiro atoms. The van der Waals surface area contributed by atoms with Gasteiger partial charge in [-0.25, -0.2) is 13.1 Å². The largest absolute Gasteiger partial charge is 0.310 e. The summed E-state index contributed by atoms with van der Waals surface area (Å²) in [7, 11) is -3.36. The van der Waals surface area contributed by atoms with Crippen LogP contribution in [0.4, 0.5) is 0 Å². The van der Waals surface area contributed by atoms with Crippen molar-refractivity contribution in [3.63, 3.8) is 0 Å². The Kier molecular flexibility index (Phi) is 5.18. The predicted octanol–water partition coefficient (Wildman–Crippen LogP) is 2.44. The van der Waals surface area contributed by atoms with Crippen molar-refractivity contribution in [1.29, 1.82) is 0 Å². The van der Waals surface area contributed by atoms with Gasteiger partial charge in [-0.05, 0) is 49.9 Å². The van der Waals surface area contributed by atoms with Crippen LogP contribution in [0.15, 0.2) is 29.2 Å². The lowest BCUT2D eigenvalue weighted by atomic mass is 9.86. The molecule has 2 N–H and O–H groups in total. The number of sulfonamides is 1. The summed E-state index contributed by atoms with van der Waals surface area (Å²) in [6.45, 7) is 5.59. The van der Waals surface area contributed by atoms with Crippen LogP contribution in [-0.2, 0) is 10.0 Å². The fraction of sp³-hybridized carbons (Fsp3) is 0.600. The van der Waals surface area contributed by atoms with Crippen LogP contribution in [0.25, 0.3) is 0 Å². The number of hydrogen-bond acceptors (Lipinski definition) is 3. The highest BCUT2D eigenvalue weighted by Crippen LogP contribution is 2.25. The molecular formula is C15H24N2O2S. The van der Waals surface area contributed by atoms with Gasteiger partial charge in [0, 0.05) is 12.6 Å². The summed E-state index contributed by atoms with van der Waals surface area (Å²) < 4.78 is 27.0. The van der Waals surface area contributed by atoms with Crippen LogP contribution in [0.2, 0.25) is 0 Å². The van der Waals surface area contributed by atoms with E-state index in [2.05, 4.69) is 23.9 Å². The second-order valence-electron chi connectivity index (χ2n) is 5.50. The van der Waals surface area contributed by atoms with Crippen LogP contribution >= 0.6 is 0 Å². The Morgan fingerprint density at radius 3 is 2.40 bits per heavy atom. The average Bonchev–Trinajstić information content (AvgIpc) is 2.37. The van der Waals surface area contributed by atoms with Gasteiger partial charge in [0.15, 0.2) is 0 Å². The minimum Gasteiger partial charge on any atom is -0.310 e. The SMILES string of the molecule is CCNC(C)c1ccc(S(=O)(=O)NCC2CCC2)cc1. The fourth-order valence-electron chi connectivity index (χ4n) is 2.37. The molecule has 0 radical (unpaired) electrons. The summed E-state index contributed by atoms with van der Waals surface area (Å²) in [6.07, 6.45) is 3.51. The van der Waals surface area contributed by atoms with E-state index in [1.165, 1.54) is 6.42 Å². The Bertz CT molecular complexity index is 521. The first-order valence-corrected chi connectivity index (χ1v) is 8.84. The van der Waals surface area contributed by atoms with E-state index in [9.17, 15) is 8.42 Å². The molecule has 112 valence electrons. The Morgan fingerprint density at radius 2 is 1.90 bits per heavy atom. The smallest absolute Gasteiger partial charge is 0.240 e. The molecule has 1 unspecified atom stereocenters. The highest BCUT2D eigenvalue weighted by molar-refractivity contribution is 7.89. The van der Waals surface area contributed by atoms with Crippen molar-refractivity contribution < 1.29 is 8.42 Å². The topological polar surface area (TPSA) is 58.2 Å². The molecule has 0 aliphatic heterocycles. The summed E-state index contributed by atoms with van der Waals surface area (Å²) >= 11 is 0. The van der Waals surface area contributed by atoms with Gasteiger partial charge >= 0.3 is 0 Å². The molecule has 1 aromatic rings. The Balaban J connectivity index is 2.00. The second-order valence-corrected chi connectivity index (χ2v) is 7.26. The van der Waals surface area contributed by atoms with Gasteiger partial charge < -0.3 is 5.32 Å². The van der Waals surface area contributed by atoms with Crippen molar-refractivity contribution in [2.45, 2.75) is 44.0 Å². The van der Waals surface area contributed by atoms with Crippen molar-refractivity contribution in [3.8, 4) is 0 Å². The number of benzene rings is 1. The summed E-state index contributed by atoms with van der Waals surface area (Å²) in [5.41, 5.74) is 1.10. The van der Waals surface area contributed by atoms with Gasteiger partial charge in [0.05, 0.1) is 4.90 Å². The van der Waals surface area contributed by atoms with E-state index in [1.807, 2.05) is 12.1 Å². The molecule has 1 atom stereocenters. The van der Waals surface area contributed by atoms with Crippen LogP contribution in [-0.4, -0.2) is 21.5 Å². The van der Waals surface area contributed by atoms with E-state index in [0.717, 1.165) is 24.9 Å². The first-order valence-electron chi connectivity index (χ1n) is 7.36. The summed E-state index contributed by atoms with van der Waals surface area (Å²) in [5.74, 6) is 0.526. The minimum absolute atomic E-state index is 0.236. The molecule has 0 heterocycles. The molecule has 1 aliphatic carbocycles. The zero-order valence-corrected chi connectivity index (χ0v) is 13.0. The maximum atomic E-state index is 12.2. The van der Waals surface area contributed by atoms with Gasteiger partial charge in [-0.1, -0.05) is 25.5 Å². The Hall–Kier alpha value is -0.910. The van der Waals surface area contributed by atoms with Gasteiger partial charge in [0.2, 0.25) is 10.0 Å². The minimum atomic E-state index is -3.36. The first kappa shape index (κ1) is 15.5. The number of rotatable bonds is 7. The monoisotopic (exact) mass is 296 g/mol. The third kappa shape index (κ3) is 3.81. The molecule has 0 aromatic heterocycles. The van der Waals surface area contributed by atoms with Crippen LogP contribution < -0.4 is 10.0 Å². The van der Waals surface area contributed by atoms with Gasteiger partial charge in [-0.15, -0.1) is 0 Å². The van der Waals surface area contributed by atoms with E-state index in [-0.39, 0.29) is 6.04 Å². The fourth-order valence-corrected chi connectivity index (χ4v) is 3.48. The highest BCUT2D eigenvalue weighted by atomic mass is 32.2. The quantitative estimate of drug-likeness (QED) is 0.812. The number of nitrogens with one attached hydrogen (secondary N) is 2. The molecule has 0 amide bonds. The molecule has 0 bridgehead atoms. The lowest BCUT2D eigenvalue weighted by molar-refractivity contribution is 0.316. The standard InChI is InChI=1S/C15H24N2O2S/c1-3-16-12(2)14-7-9-15(10-8-14)20(18,19)17-11-13-5-4-6-13/h7-10,12-13,16-17H,3-6,11H2,1-2H3. The lowest BCUT2D eigenvalue weighted by Gasteiger charge is -2.25. The Labute approximate surface area is 122 Å². The lowest BCUT2D eigenvalue weighted by Crippen LogP contribution is -2.32. The molecule has 0 saturated heterocycles. The van der Waals surface area contributed by atoms with Crippen molar-refractivity contribution in [3.05, 3.63) is 29.8 Å². The molecular weight excluding hydrogens is 272 g/mol. The molecule has 1 aliphatic rings. The van der Waals surface area contributed by atoms with Crippen molar-refractivity contribution >= 4 is 10.0 Å². The molecule has 20 heavy (non-hydrogen) atoms. The van der Waals surface area contributed by atoms with Crippen LogP contribution in [0.1, 0.15) is 44.7 Å². The molecule has 4 nitrogen and oxygen atoms in total. The average molecular weight is 296 g/mol. The highest BCUT2D eigenvalue weighted by Gasteiger charge is 2.21. The van der Waals surface area contributed by atoms with Crippen molar-refractivity contribution in [2.24, 2.45) is 5.92 Å². The first-order chi connectivity index (χ1) is 9.53. The number of hydrogen-bond donors (Lipinski definition) is 2. The van der Waals surface area contributed by atoms with Crippen LogP contribution in [0, 0.1) is 5.92 Å². The summed E-state index contributed by atoms with van der Waals surface area (Å²) in [4.78, 5) is 0.351. The summed E-state index contributed by atoms with van der Waals surface area (Å²) in [5, 5.41) is 3.31. The van der Waals surface area contributed by atoms with E-state index in [4.69, 9.17) is 0 Å². The van der Waals surface area contributed by atoms with E-state index < -0.39 is 10.0 Å². The van der Waals surface area contributed by atoms with Crippen molar-refractivity contribution in [2.75, 3.05) is 13.1 Å². The third-order valence-corrected chi connectivity index (χ3v) is 5.43. The summed E-state index contributed by atoms with van der Waals surface area (Å²) in [6, 6.07) is 7.37. The molecule has 1 saturated carbocycles. The maximum absolute atomic E-state index is 12.2. The Morgan fingerprint density at radius 1 is 1.25 bits per heavy atom. The van der Waals surface area contributed by atoms with Gasteiger partial charge in [-0.2, -0.15) is 0 Å². The van der Waals surface area contributed by atoms with Crippen LogP contribution in [0.3, 0.4) is 0 Å². The molecule has 5 heteroatoms. The molecule has 1 fully saturated rings. The normalized spacial score (nSPS) is 17.7. The van der Waals surface area contributed by atoms with Gasteiger partial charge in [0.25, 0.3) is 0 Å². The molecule has 1 aromatic carbocycles. The van der Waals surface area contributed by atoms with Gasteiger partial charge in [0.1, 0.15) is 0 Å². The van der Waals surface area contributed by atoms with E-state index in [0.29, 0.717) is 17.4 Å². The molecule has 2 rings (SSSR count). The predicted molar refractivity (Wildman–Crippen MR) is 81.1 cm³/mol. The zero-order valence-electron chi connectivity index (χ0n) is 12.2. The maximum Gasteiger partial charge on any atom is 0.240 e. The van der Waals surface area contributed by atoms with Gasteiger partial charge in [-0.3, -0.25) is 0 Å².